The van der Waals surface area contributed by atoms with Crippen LogP contribution in [0.4, 0.5) is 0 Å². The molecule has 10 nitrogen and oxygen atoms in total. The van der Waals surface area contributed by atoms with E-state index in [0.29, 0.717) is 29.6 Å². The minimum atomic E-state index is -1.92. The van der Waals surface area contributed by atoms with E-state index < -0.39 is 21.5 Å². The molecule has 0 N–H and O–H groups in total. The number of cyclic esters (lactones) is 1. The SMILES string of the molecule is Cc1cc(OC(=O)CCC(=O)O[C@]2(I)C(=O)OCc3c2cc2n(c3=O)Cc3cc4ccccc4nc3-2)cc2c1O[C@](C)(CCC[C@H](C)CCC[C@H](C)CCCC(C)C)CC2. The van der Waals surface area contributed by atoms with Gasteiger partial charge in [0.05, 0.1) is 41.9 Å². The molecule has 3 aliphatic rings. The number of hydrogen-bond donors (Lipinski definition) is 0. The number of aromatic nitrogens is 2. The van der Waals surface area contributed by atoms with Gasteiger partial charge in [-0.15, -0.1) is 0 Å². The molecule has 320 valence electrons. The highest BCUT2D eigenvalue weighted by molar-refractivity contribution is 14.1. The number of hydrogen-bond acceptors (Lipinski definition) is 9. The van der Waals surface area contributed by atoms with E-state index in [1.54, 1.807) is 39.3 Å². The first-order valence-electron chi connectivity index (χ1n) is 21.9. The topological polar surface area (TPSA) is 123 Å². The number of rotatable bonds is 17. The zero-order chi connectivity index (χ0) is 42.8. The van der Waals surface area contributed by atoms with Gasteiger partial charge < -0.3 is 23.5 Å². The van der Waals surface area contributed by atoms with Crippen LogP contribution in [0.15, 0.2) is 53.3 Å². The van der Waals surface area contributed by atoms with Gasteiger partial charge in [-0.3, -0.25) is 14.4 Å². The fourth-order valence-electron chi connectivity index (χ4n) is 9.05. The first-order valence-corrected chi connectivity index (χ1v) is 23.0. The summed E-state index contributed by atoms with van der Waals surface area (Å²) in [6.45, 7) is 13.7. The summed E-state index contributed by atoms with van der Waals surface area (Å²) in [6.07, 6.45) is 12.4. The molecule has 0 saturated carbocycles. The Morgan fingerprint density at radius 3 is 2.35 bits per heavy atom. The molecule has 4 atom stereocenters. The number of pyridine rings is 2. The van der Waals surface area contributed by atoms with E-state index in [1.165, 1.54) is 44.9 Å². The third-order valence-corrected chi connectivity index (χ3v) is 13.9. The molecule has 11 heteroatoms. The van der Waals surface area contributed by atoms with Gasteiger partial charge in [0, 0.05) is 16.5 Å². The van der Waals surface area contributed by atoms with Crippen LogP contribution < -0.4 is 15.0 Å². The van der Waals surface area contributed by atoms with Gasteiger partial charge in [0.1, 0.15) is 23.7 Å². The van der Waals surface area contributed by atoms with Crippen molar-refractivity contribution in [3.05, 3.63) is 86.7 Å². The van der Waals surface area contributed by atoms with Crippen molar-refractivity contribution in [3.8, 4) is 22.9 Å². The fraction of sp³-hybridized carbons (Fsp3) is 0.531. The normalized spacial score (nSPS) is 20.0. The Kier molecular flexibility index (Phi) is 13.4. The summed E-state index contributed by atoms with van der Waals surface area (Å²) in [5, 5.41) is 0.957. The van der Waals surface area contributed by atoms with Crippen molar-refractivity contribution in [2.45, 2.75) is 147 Å². The number of aryl methyl sites for hydroxylation is 2. The lowest BCUT2D eigenvalue weighted by molar-refractivity contribution is -0.174. The van der Waals surface area contributed by atoms with Gasteiger partial charge in [-0.25, -0.2) is 9.78 Å². The predicted molar refractivity (Wildman–Crippen MR) is 240 cm³/mol. The number of halogens is 1. The number of nitrogens with zero attached hydrogens (tertiary/aromatic N) is 2. The average molecular weight is 931 g/mol. The molecule has 4 aromatic rings. The van der Waals surface area contributed by atoms with E-state index in [9.17, 15) is 19.2 Å². The van der Waals surface area contributed by atoms with Crippen LogP contribution in [-0.4, -0.2) is 33.1 Å². The molecule has 0 spiro atoms. The van der Waals surface area contributed by atoms with Crippen LogP contribution >= 0.6 is 22.6 Å². The highest BCUT2D eigenvalue weighted by Crippen LogP contribution is 2.44. The Bertz CT molecular complexity index is 2340. The Balaban J connectivity index is 0.908. The predicted octanol–water partition coefficient (Wildman–Crippen LogP) is 10.8. The number of carbonyl (C=O) groups is 3. The van der Waals surface area contributed by atoms with Crippen LogP contribution in [-0.2, 0) is 47.0 Å². The van der Waals surface area contributed by atoms with Gasteiger partial charge in [0.2, 0.25) is 0 Å². The van der Waals surface area contributed by atoms with Crippen LogP contribution in [0.1, 0.15) is 139 Å². The molecule has 0 aliphatic carbocycles. The van der Waals surface area contributed by atoms with Crippen LogP contribution in [0, 0.1) is 24.7 Å². The minimum absolute atomic E-state index is 0.234. The van der Waals surface area contributed by atoms with Gasteiger partial charge in [-0.2, -0.15) is 0 Å². The molecule has 0 radical (unpaired) electrons. The van der Waals surface area contributed by atoms with Gasteiger partial charge in [0.15, 0.2) is 0 Å². The second kappa shape index (κ2) is 18.4. The number of esters is 3. The molecule has 0 fully saturated rings. The third kappa shape index (κ3) is 9.76. The van der Waals surface area contributed by atoms with Crippen molar-refractivity contribution in [2.24, 2.45) is 17.8 Å². The molecule has 60 heavy (non-hydrogen) atoms. The Hall–Kier alpha value is -4.26. The molecule has 0 saturated heterocycles. The Morgan fingerprint density at radius 1 is 0.900 bits per heavy atom. The van der Waals surface area contributed by atoms with Crippen LogP contribution in [0.2, 0.25) is 0 Å². The summed E-state index contributed by atoms with van der Waals surface area (Å²) < 4.78 is 23.2. The lowest BCUT2D eigenvalue weighted by Crippen LogP contribution is -2.43. The van der Waals surface area contributed by atoms with Crippen LogP contribution in [0.25, 0.3) is 22.3 Å². The molecule has 3 aliphatic heterocycles. The maximum absolute atomic E-state index is 13.8. The molecule has 0 unspecified atom stereocenters. The van der Waals surface area contributed by atoms with Crippen molar-refractivity contribution < 1.29 is 33.3 Å². The standard InChI is InChI=1S/C49H59IN2O8/c1-30(2)12-9-13-31(3)14-10-15-32(4)16-11-22-48(6)23-21-35-26-37(24-33(5)45(35)60-48)58-42(53)19-20-43(54)59-49(50)39-27-41-44-36(25-34-17-7-8-18-40(34)51-44)28-52(41)46(55)38(39)29-57-47(49)56/h7-8,17-18,24-27,30-32H,9-16,19-23,28-29H2,1-6H3/t31-,32-,48-,49+/m1/s1. The highest BCUT2D eigenvalue weighted by Gasteiger charge is 2.50. The molecular formula is C49H59IN2O8. The molecule has 0 bridgehead atoms. The summed E-state index contributed by atoms with van der Waals surface area (Å²) in [5.41, 5.74) is 4.62. The summed E-state index contributed by atoms with van der Waals surface area (Å²) in [5.74, 6) is 1.36. The van der Waals surface area contributed by atoms with Crippen LogP contribution in [0.3, 0.4) is 0 Å². The fourth-order valence-corrected chi connectivity index (χ4v) is 9.93. The van der Waals surface area contributed by atoms with E-state index >= 15 is 0 Å². The maximum Gasteiger partial charge on any atom is 0.366 e. The Morgan fingerprint density at radius 2 is 1.60 bits per heavy atom. The van der Waals surface area contributed by atoms with E-state index in [-0.39, 0.29) is 41.7 Å². The number of ether oxygens (including phenoxy) is 4. The van der Waals surface area contributed by atoms with Crippen molar-refractivity contribution in [1.29, 1.82) is 0 Å². The molecule has 5 heterocycles. The molecule has 0 amide bonds. The van der Waals surface area contributed by atoms with Gasteiger partial charge in [0.25, 0.3) is 9.17 Å². The summed E-state index contributed by atoms with van der Waals surface area (Å²) >= 11 is 1.73. The lowest BCUT2D eigenvalue weighted by Gasteiger charge is -2.37. The zero-order valence-electron chi connectivity index (χ0n) is 36.0. The average Bonchev–Trinajstić information content (AvgIpc) is 3.56. The number of para-hydroxylation sites is 1. The smallest absolute Gasteiger partial charge is 0.366 e. The summed E-state index contributed by atoms with van der Waals surface area (Å²) in [6, 6.07) is 15.1. The van der Waals surface area contributed by atoms with Gasteiger partial charge in [-0.1, -0.05) is 90.8 Å². The minimum Gasteiger partial charge on any atom is -0.487 e. The van der Waals surface area contributed by atoms with E-state index in [0.717, 1.165) is 70.9 Å². The number of alkyl halides is 1. The Labute approximate surface area is 367 Å². The number of fused-ring (bicyclic) bond motifs is 6. The second-order valence-corrected chi connectivity index (χ2v) is 19.8. The monoisotopic (exact) mass is 930 g/mol. The van der Waals surface area contributed by atoms with Gasteiger partial charge >= 0.3 is 17.9 Å². The summed E-state index contributed by atoms with van der Waals surface area (Å²) in [4.78, 5) is 58.2. The first-order chi connectivity index (χ1) is 28.6. The molecular weight excluding hydrogens is 871 g/mol. The van der Waals surface area contributed by atoms with E-state index in [4.69, 9.17) is 23.9 Å². The second-order valence-electron chi connectivity index (χ2n) is 18.3. The van der Waals surface area contributed by atoms with Crippen molar-refractivity contribution in [2.75, 3.05) is 0 Å². The lowest BCUT2D eigenvalue weighted by atomic mass is 9.85. The number of carbonyl (C=O) groups excluding carboxylic acids is 3. The van der Waals surface area contributed by atoms with Gasteiger partial charge in [-0.05, 0) is 121 Å². The van der Waals surface area contributed by atoms with Crippen molar-refractivity contribution in [3.63, 3.8) is 0 Å². The molecule has 2 aromatic carbocycles. The maximum atomic E-state index is 13.8. The van der Waals surface area contributed by atoms with Crippen molar-refractivity contribution in [1.82, 2.24) is 9.55 Å². The number of benzene rings is 2. The zero-order valence-corrected chi connectivity index (χ0v) is 38.2. The molecule has 7 rings (SSSR count). The molecule has 2 aromatic heterocycles. The van der Waals surface area contributed by atoms with Crippen molar-refractivity contribution >= 4 is 51.4 Å². The quantitative estimate of drug-likeness (QED) is 0.0388. The summed E-state index contributed by atoms with van der Waals surface area (Å²) in [7, 11) is 0. The van der Waals surface area contributed by atoms with E-state index in [1.807, 2.05) is 43.3 Å². The third-order valence-electron chi connectivity index (χ3n) is 12.6. The van der Waals surface area contributed by atoms with Crippen LogP contribution in [0.5, 0.6) is 11.5 Å². The largest absolute Gasteiger partial charge is 0.487 e. The van der Waals surface area contributed by atoms with E-state index in [2.05, 4.69) is 34.6 Å². The first kappa shape index (κ1) is 43.8. The highest BCUT2D eigenvalue weighted by atomic mass is 127.